The predicted molar refractivity (Wildman–Crippen MR) is 129 cm³/mol. The molecule has 2 aromatic heterocycles. The lowest BCUT2D eigenvalue weighted by atomic mass is 10.0. The predicted octanol–water partition coefficient (Wildman–Crippen LogP) is 4.09. The van der Waals surface area contributed by atoms with E-state index in [1.807, 2.05) is 84.9 Å². The number of nitrogens with one attached hydrogen (secondary N) is 1. The molecule has 0 saturated heterocycles. The molecule has 0 amide bonds. The topological polar surface area (TPSA) is 80.5 Å². The fourth-order valence-electron chi connectivity index (χ4n) is 4.12. The number of oxazole rings is 1. The Morgan fingerprint density at radius 1 is 0.912 bits per heavy atom. The van der Waals surface area contributed by atoms with E-state index < -0.39 is 5.63 Å². The van der Waals surface area contributed by atoms with Gasteiger partial charge in [-0.1, -0.05) is 48.5 Å². The molecule has 6 heteroatoms. The highest BCUT2D eigenvalue weighted by molar-refractivity contribution is 5.82. The van der Waals surface area contributed by atoms with Gasteiger partial charge < -0.3 is 14.1 Å². The maximum absolute atomic E-state index is 12.6. The normalized spacial score (nSPS) is 13.3. The standard InChI is InChI=1S/C28H19N3O3/c1-33-19-13-11-18(12-14-19)25-26-21(20-9-5-6-10-22(20)29-26)16-23(30-25)27-31-24(28(32)34-27)15-17-7-3-2-4-8-17/h2-16,31H,1H3/b24-15-,27-23?. The van der Waals surface area contributed by atoms with Gasteiger partial charge in [0.2, 0.25) is 5.55 Å². The molecule has 1 aliphatic heterocycles. The SMILES string of the molecule is COc1ccc(-c2nc(=c3[nH]/c(=C\c4ccccc4)c(=O)o3)cc3c2=Nc2ccccc2-3)cc1. The summed E-state index contributed by atoms with van der Waals surface area (Å²) in [5.41, 5.74) is 5.19. The lowest BCUT2D eigenvalue weighted by Crippen LogP contribution is -2.20. The molecular weight excluding hydrogens is 426 g/mol. The van der Waals surface area contributed by atoms with Crippen LogP contribution in [0.4, 0.5) is 5.69 Å². The van der Waals surface area contributed by atoms with Crippen molar-refractivity contribution < 1.29 is 9.15 Å². The summed E-state index contributed by atoms with van der Waals surface area (Å²) in [4.78, 5) is 25.4. The van der Waals surface area contributed by atoms with Gasteiger partial charge >= 0.3 is 5.63 Å². The largest absolute Gasteiger partial charge is 0.497 e. The van der Waals surface area contributed by atoms with Crippen LogP contribution in [0.15, 0.2) is 99.1 Å². The van der Waals surface area contributed by atoms with Crippen molar-refractivity contribution in [1.82, 2.24) is 9.97 Å². The molecule has 0 unspecified atom stereocenters. The third-order valence-corrected chi connectivity index (χ3v) is 5.79. The molecule has 0 atom stereocenters. The van der Waals surface area contributed by atoms with E-state index in [9.17, 15) is 4.79 Å². The second-order valence-corrected chi connectivity index (χ2v) is 7.92. The highest BCUT2D eigenvalue weighted by atomic mass is 16.5. The number of H-pyrrole nitrogens is 1. The number of pyridine rings is 1. The Bertz CT molecular complexity index is 1800. The molecule has 0 spiro atoms. The molecular formula is C28H19N3O3. The van der Waals surface area contributed by atoms with Gasteiger partial charge in [-0.25, -0.2) is 14.8 Å². The second kappa shape index (κ2) is 8.01. The zero-order chi connectivity index (χ0) is 23.1. The van der Waals surface area contributed by atoms with E-state index in [0.717, 1.165) is 39.0 Å². The van der Waals surface area contributed by atoms with Crippen molar-refractivity contribution in [2.24, 2.45) is 4.99 Å². The van der Waals surface area contributed by atoms with Crippen LogP contribution < -0.4 is 21.1 Å². The number of fused-ring (bicyclic) bond motifs is 3. The Balaban J connectivity index is 1.65. The van der Waals surface area contributed by atoms with Crippen LogP contribution in [-0.4, -0.2) is 17.1 Å². The first-order chi connectivity index (χ1) is 16.7. The van der Waals surface area contributed by atoms with Crippen molar-refractivity contribution in [2.75, 3.05) is 7.11 Å². The molecule has 0 aliphatic carbocycles. The average molecular weight is 445 g/mol. The Hall–Kier alpha value is -4.71. The summed E-state index contributed by atoms with van der Waals surface area (Å²) < 4.78 is 10.9. The molecule has 164 valence electrons. The van der Waals surface area contributed by atoms with Gasteiger partial charge in [0.1, 0.15) is 16.4 Å². The Morgan fingerprint density at radius 2 is 1.68 bits per heavy atom. The summed E-state index contributed by atoms with van der Waals surface area (Å²) in [7, 11) is 1.63. The Morgan fingerprint density at radius 3 is 2.47 bits per heavy atom. The molecule has 1 N–H and O–H groups in total. The molecule has 6 rings (SSSR count). The highest BCUT2D eigenvalue weighted by Crippen LogP contribution is 2.33. The van der Waals surface area contributed by atoms with Gasteiger partial charge in [-0.3, -0.25) is 0 Å². The van der Waals surface area contributed by atoms with Crippen LogP contribution in [0.1, 0.15) is 5.56 Å². The first-order valence-electron chi connectivity index (χ1n) is 10.8. The molecule has 34 heavy (non-hydrogen) atoms. The summed E-state index contributed by atoms with van der Waals surface area (Å²) in [6.07, 6.45) is 1.76. The lowest BCUT2D eigenvalue weighted by molar-refractivity contribution is 0.415. The van der Waals surface area contributed by atoms with Crippen LogP contribution in [0, 0.1) is 10.9 Å². The second-order valence-electron chi connectivity index (χ2n) is 7.92. The van der Waals surface area contributed by atoms with Crippen LogP contribution in [-0.2, 0) is 0 Å². The minimum Gasteiger partial charge on any atom is -0.497 e. The van der Waals surface area contributed by atoms with Gasteiger partial charge in [0, 0.05) is 16.7 Å². The van der Waals surface area contributed by atoms with Crippen molar-refractivity contribution >= 4 is 11.8 Å². The van der Waals surface area contributed by atoms with E-state index in [1.54, 1.807) is 13.2 Å². The molecule has 0 radical (unpaired) electrons. The number of benzene rings is 3. The number of nitrogens with zero attached hydrogens (tertiary/aromatic N) is 2. The summed E-state index contributed by atoms with van der Waals surface area (Å²) in [5, 5.41) is 1.68. The van der Waals surface area contributed by atoms with Crippen LogP contribution in [0.2, 0.25) is 0 Å². The molecule has 6 nitrogen and oxygen atoms in total. The van der Waals surface area contributed by atoms with Gasteiger partial charge in [-0.05, 0) is 48.0 Å². The van der Waals surface area contributed by atoms with Crippen LogP contribution >= 0.6 is 0 Å². The van der Waals surface area contributed by atoms with Crippen molar-refractivity contribution in [1.29, 1.82) is 0 Å². The van der Waals surface area contributed by atoms with Crippen molar-refractivity contribution in [3.05, 3.63) is 123 Å². The fourth-order valence-corrected chi connectivity index (χ4v) is 4.12. The van der Waals surface area contributed by atoms with Gasteiger partial charge in [0.15, 0.2) is 0 Å². The molecule has 3 aromatic carbocycles. The van der Waals surface area contributed by atoms with E-state index in [2.05, 4.69) is 4.98 Å². The monoisotopic (exact) mass is 445 g/mol. The zero-order valence-electron chi connectivity index (χ0n) is 18.3. The van der Waals surface area contributed by atoms with Gasteiger partial charge in [-0.2, -0.15) is 0 Å². The average Bonchev–Trinajstić information content (AvgIpc) is 3.44. The smallest absolute Gasteiger partial charge is 0.361 e. The van der Waals surface area contributed by atoms with Gasteiger partial charge in [-0.15, -0.1) is 0 Å². The Labute approximate surface area is 193 Å². The number of aromatic amines is 1. The number of aromatic nitrogens is 2. The molecule has 5 aromatic rings. The third-order valence-electron chi connectivity index (χ3n) is 5.79. The number of methoxy groups -OCH3 is 1. The fraction of sp³-hybridized carbons (Fsp3) is 0.0357. The molecule has 1 aliphatic rings. The first-order valence-corrected chi connectivity index (χ1v) is 10.8. The van der Waals surface area contributed by atoms with Crippen molar-refractivity contribution in [3.63, 3.8) is 0 Å². The minimum atomic E-state index is -0.447. The van der Waals surface area contributed by atoms with E-state index in [4.69, 9.17) is 19.1 Å². The quantitative estimate of drug-likeness (QED) is 0.445. The number of ether oxygens (including phenoxy) is 1. The number of rotatable bonds is 3. The number of para-hydroxylation sites is 1. The molecule has 0 fully saturated rings. The van der Waals surface area contributed by atoms with E-state index in [-0.39, 0.29) is 0 Å². The van der Waals surface area contributed by atoms with Gasteiger partial charge in [0.05, 0.1) is 23.8 Å². The van der Waals surface area contributed by atoms with E-state index >= 15 is 0 Å². The maximum Gasteiger partial charge on any atom is 0.361 e. The third kappa shape index (κ3) is 3.42. The Kier molecular flexibility index (Phi) is 4.70. The van der Waals surface area contributed by atoms with E-state index in [0.29, 0.717) is 21.9 Å². The summed E-state index contributed by atoms with van der Waals surface area (Å²) in [6.45, 7) is 0. The summed E-state index contributed by atoms with van der Waals surface area (Å²) in [5.74, 6) is 0.758. The lowest BCUT2D eigenvalue weighted by Gasteiger charge is -2.05. The van der Waals surface area contributed by atoms with Crippen molar-refractivity contribution in [2.45, 2.75) is 0 Å². The molecule has 0 saturated carbocycles. The van der Waals surface area contributed by atoms with Gasteiger partial charge in [0.25, 0.3) is 0 Å². The first kappa shape index (κ1) is 19.9. The van der Waals surface area contributed by atoms with Crippen molar-refractivity contribution in [3.8, 4) is 28.1 Å². The van der Waals surface area contributed by atoms with E-state index in [1.165, 1.54) is 0 Å². The zero-order valence-corrected chi connectivity index (χ0v) is 18.3. The molecule has 3 heterocycles. The summed E-state index contributed by atoms with van der Waals surface area (Å²) in [6, 6.07) is 27.2. The maximum atomic E-state index is 12.6. The minimum absolute atomic E-state index is 0.300. The molecule has 0 bridgehead atoms. The van der Waals surface area contributed by atoms with Crippen LogP contribution in [0.3, 0.4) is 0 Å². The highest BCUT2D eigenvalue weighted by Gasteiger charge is 2.18. The van der Waals surface area contributed by atoms with Crippen LogP contribution in [0.25, 0.3) is 28.5 Å². The number of hydrogen-bond acceptors (Lipinski definition) is 5. The summed E-state index contributed by atoms with van der Waals surface area (Å²) >= 11 is 0. The number of hydrogen-bond donors (Lipinski definition) is 1. The van der Waals surface area contributed by atoms with Crippen LogP contribution in [0.5, 0.6) is 5.75 Å².